The molecule has 3 atom stereocenters. The molecule has 1 saturated heterocycles. The summed E-state index contributed by atoms with van der Waals surface area (Å²) in [6.45, 7) is 15.8. The van der Waals surface area contributed by atoms with Crippen LogP contribution < -0.4 is 5.73 Å². The Morgan fingerprint density at radius 3 is 2.47 bits per heavy atom. The van der Waals surface area contributed by atoms with Crippen LogP contribution in [0.2, 0.25) is 0 Å². The average molecular weight is 266 g/mol. The molecule has 0 radical (unpaired) electrons. The summed E-state index contributed by atoms with van der Waals surface area (Å²) in [5, 5.41) is 0. The summed E-state index contributed by atoms with van der Waals surface area (Å²) in [7, 11) is 0. The van der Waals surface area contributed by atoms with E-state index in [0.717, 1.165) is 5.92 Å². The summed E-state index contributed by atoms with van der Waals surface area (Å²) in [6, 6.07) is 0.432. The van der Waals surface area contributed by atoms with Gasteiger partial charge >= 0.3 is 0 Å². The predicted molar refractivity (Wildman–Crippen MR) is 83.1 cm³/mol. The van der Waals surface area contributed by atoms with Crippen LogP contribution in [-0.4, -0.2) is 30.6 Å². The third-order valence-electron chi connectivity index (χ3n) is 5.56. The molecule has 0 amide bonds. The molecule has 19 heavy (non-hydrogen) atoms. The highest BCUT2D eigenvalue weighted by atomic mass is 15.2. The highest BCUT2D eigenvalue weighted by molar-refractivity contribution is 4.91. The van der Waals surface area contributed by atoms with Gasteiger partial charge in [-0.05, 0) is 54.9 Å². The van der Waals surface area contributed by atoms with Gasteiger partial charge in [0.1, 0.15) is 0 Å². The van der Waals surface area contributed by atoms with Gasteiger partial charge in [-0.15, -0.1) is 0 Å². The summed E-state index contributed by atoms with van der Waals surface area (Å²) in [4.78, 5) is 2.68. The fraction of sp³-hybridized carbons (Fsp3) is 1.00. The minimum atomic E-state index is 0.432. The zero-order valence-corrected chi connectivity index (χ0v) is 13.7. The largest absolute Gasteiger partial charge is 0.327 e. The lowest BCUT2D eigenvalue weighted by Gasteiger charge is -2.41. The summed E-state index contributed by atoms with van der Waals surface area (Å²) in [5.74, 6) is 1.57. The standard InChI is InChI=1S/C17H34N2/c1-16(2,3)14-7-9-19(12-14)11-13-10-17(4,5)8-6-15(13)18/h13-15H,6-12,18H2,1-5H3. The van der Waals surface area contributed by atoms with Crippen molar-refractivity contribution >= 4 is 0 Å². The van der Waals surface area contributed by atoms with Crippen LogP contribution in [0, 0.1) is 22.7 Å². The van der Waals surface area contributed by atoms with Crippen molar-refractivity contribution in [3.05, 3.63) is 0 Å². The van der Waals surface area contributed by atoms with E-state index in [-0.39, 0.29) is 0 Å². The van der Waals surface area contributed by atoms with E-state index in [1.54, 1.807) is 0 Å². The number of nitrogens with two attached hydrogens (primary N) is 1. The molecule has 2 fully saturated rings. The third-order valence-corrected chi connectivity index (χ3v) is 5.56. The van der Waals surface area contributed by atoms with E-state index < -0.39 is 0 Å². The highest BCUT2D eigenvalue weighted by Gasteiger charge is 2.37. The van der Waals surface area contributed by atoms with Crippen LogP contribution >= 0.6 is 0 Å². The number of hydrogen-bond acceptors (Lipinski definition) is 2. The second-order valence-corrected chi connectivity index (χ2v) is 8.94. The minimum absolute atomic E-state index is 0.432. The molecule has 0 spiro atoms. The summed E-state index contributed by atoms with van der Waals surface area (Å²) in [6.07, 6.45) is 5.20. The molecule has 2 rings (SSSR count). The molecule has 3 unspecified atom stereocenters. The van der Waals surface area contributed by atoms with E-state index in [1.165, 1.54) is 45.3 Å². The maximum Gasteiger partial charge on any atom is 0.00797 e. The molecule has 1 heterocycles. The quantitative estimate of drug-likeness (QED) is 0.829. The van der Waals surface area contributed by atoms with Crippen molar-refractivity contribution in [1.29, 1.82) is 0 Å². The molecule has 0 bridgehead atoms. The molecule has 112 valence electrons. The fourth-order valence-electron chi connectivity index (χ4n) is 3.99. The van der Waals surface area contributed by atoms with Crippen LogP contribution in [0.25, 0.3) is 0 Å². The Morgan fingerprint density at radius 1 is 1.21 bits per heavy atom. The van der Waals surface area contributed by atoms with Crippen molar-refractivity contribution in [2.45, 2.75) is 66.3 Å². The van der Waals surface area contributed by atoms with Gasteiger partial charge in [0.05, 0.1) is 0 Å². The van der Waals surface area contributed by atoms with Gasteiger partial charge in [0.2, 0.25) is 0 Å². The van der Waals surface area contributed by atoms with Gasteiger partial charge in [-0.3, -0.25) is 0 Å². The van der Waals surface area contributed by atoms with Gasteiger partial charge in [0.15, 0.2) is 0 Å². The topological polar surface area (TPSA) is 29.3 Å². The second kappa shape index (κ2) is 5.37. The lowest BCUT2D eigenvalue weighted by molar-refractivity contribution is 0.119. The molecule has 0 aromatic heterocycles. The van der Waals surface area contributed by atoms with E-state index in [0.29, 0.717) is 22.8 Å². The monoisotopic (exact) mass is 266 g/mol. The van der Waals surface area contributed by atoms with E-state index in [9.17, 15) is 0 Å². The molecule has 2 nitrogen and oxygen atoms in total. The lowest BCUT2D eigenvalue weighted by Crippen LogP contribution is -2.44. The van der Waals surface area contributed by atoms with Gasteiger partial charge in [-0.25, -0.2) is 0 Å². The van der Waals surface area contributed by atoms with Gasteiger partial charge in [-0.1, -0.05) is 34.6 Å². The molecular formula is C17H34N2. The molecule has 0 aromatic rings. The first-order chi connectivity index (χ1) is 8.67. The van der Waals surface area contributed by atoms with Crippen LogP contribution in [0.4, 0.5) is 0 Å². The normalized spacial score (nSPS) is 36.6. The molecule has 2 aliphatic rings. The predicted octanol–water partition coefficient (Wildman–Crippen LogP) is 3.51. The first kappa shape index (κ1) is 15.3. The van der Waals surface area contributed by atoms with Crippen molar-refractivity contribution in [3.8, 4) is 0 Å². The van der Waals surface area contributed by atoms with Crippen molar-refractivity contribution in [3.63, 3.8) is 0 Å². The Kier molecular flexibility index (Phi) is 4.32. The first-order valence-corrected chi connectivity index (χ1v) is 8.15. The van der Waals surface area contributed by atoms with E-state index >= 15 is 0 Å². The number of rotatable bonds is 2. The van der Waals surface area contributed by atoms with E-state index in [4.69, 9.17) is 5.73 Å². The van der Waals surface area contributed by atoms with E-state index in [1.807, 2.05) is 0 Å². The smallest absolute Gasteiger partial charge is 0.00797 e. The Morgan fingerprint density at radius 2 is 1.89 bits per heavy atom. The fourth-order valence-corrected chi connectivity index (χ4v) is 3.99. The van der Waals surface area contributed by atoms with Crippen molar-refractivity contribution in [2.24, 2.45) is 28.4 Å². The second-order valence-electron chi connectivity index (χ2n) is 8.94. The van der Waals surface area contributed by atoms with Crippen molar-refractivity contribution in [2.75, 3.05) is 19.6 Å². The maximum absolute atomic E-state index is 6.37. The Balaban J connectivity index is 1.88. The van der Waals surface area contributed by atoms with Crippen LogP contribution in [0.3, 0.4) is 0 Å². The summed E-state index contributed by atoms with van der Waals surface area (Å²) < 4.78 is 0. The van der Waals surface area contributed by atoms with Crippen LogP contribution in [0.1, 0.15) is 60.3 Å². The van der Waals surface area contributed by atoms with Crippen LogP contribution in [-0.2, 0) is 0 Å². The van der Waals surface area contributed by atoms with E-state index in [2.05, 4.69) is 39.5 Å². The lowest BCUT2D eigenvalue weighted by atomic mass is 9.70. The van der Waals surface area contributed by atoms with Crippen LogP contribution in [0.5, 0.6) is 0 Å². The molecule has 1 aliphatic heterocycles. The van der Waals surface area contributed by atoms with Crippen molar-refractivity contribution < 1.29 is 0 Å². The van der Waals surface area contributed by atoms with Gasteiger partial charge in [0.25, 0.3) is 0 Å². The molecule has 1 saturated carbocycles. The SMILES string of the molecule is CC1(C)CCC(N)C(CN2CCC(C(C)(C)C)C2)C1. The van der Waals surface area contributed by atoms with Gasteiger partial charge in [-0.2, -0.15) is 0 Å². The number of nitrogens with zero attached hydrogens (tertiary/aromatic N) is 1. The van der Waals surface area contributed by atoms with Crippen LogP contribution in [0.15, 0.2) is 0 Å². The number of likely N-dealkylation sites (tertiary alicyclic amines) is 1. The zero-order chi connectivity index (χ0) is 14.3. The first-order valence-electron chi connectivity index (χ1n) is 8.15. The Labute approximate surface area is 120 Å². The summed E-state index contributed by atoms with van der Waals surface area (Å²) >= 11 is 0. The molecule has 0 aromatic carbocycles. The molecular weight excluding hydrogens is 232 g/mol. The van der Waals surface area contributed by atoms with Crippen molar-refractivity contribution in [1.82, 2.24) is 4.90 Å². The summed E-state index contributed by atoms with van der Waals surface area (Å²) in [5.41, 5.74) is 7.34. The highest BCUT2D eigenvalue weighted by Crippen LogP contribution is 2.40. The van der Waals surface area contributed by atoms with Gasteiger partial charge in [0, 0.05) is 19.1 Å². The third kappa shape index (κ3) is 3.95. The zero-order valence-electron chi connectivity index (χ0n) is 13.7. The maximum atomic E-state index is 6.37. The Hall–Kier alpha value is -0.0800. The average Bonchev–Trinajstić information content (AvgIpc) is 2.71. The minimum Gasteiger partial charge on any atom is -0.327 e. The Bertz CT molecular complexity index is 303. The van der Waals surface area contributed by atoms with Gasteiger partial charge < -0.3 is 10.6 Å². The molecule has 2 heteroatoms. The number of hydrogen-bond donors (Lipinski definition) is 1. The molecule has 2 N–H and O–H groups in total. The molecule has 1 aliphatic carbocycles.